The third kappa shape index (κ3) is 1.78. The van der Waals surface area contributed by atoms with Crippen molar-refractivity contribution < 1.29 is 9.90 Å². The zero-order valence-corrected chi connectivity index (χ0v) is 8.00. The number of carbonyl (C=O) groups is 1. The third-order valence-corrected chi connectivity index (χ3v) is 2.39. The van der Waals surface area contributed by atoms with Crippen LogP contribution in [0.4, 0.5) is 0 Å². The van der Waals surface area contributed by atoms with Gasteiger partial charge >= 0.3 is 0 Å². The summed E-state index contributed by atoms with van der Waals surface area (Å²) < 4.78 is 0. The van der Waals surface area contributed by atoms with Gasteiger partial charge in [-0.2, -0.15) is 0 Å². The van der Waals surface area contributed by atoms with E-state index in [4.69, 9.17) is 0 Å². The molecule has 0 aromatic rings. The number of nitrogens with zero attached hydrogens (tertiary/aromatic N) is 1. The second-order valence-electron chi connectivity index (χ2n) is 4.21. The van der Waals surface area contributed by atoms with Crippen LogP contribution in [0.2, 0.25) is 0 Å². The Balaban J connectivity index is 2.70. The fourth-order valence-corrected chi connectivity index (χ4v) is 1.74. The maximum absolute atomic E-state index is 11.4. The van der Waals surface area contributed by atoms with Crippen LogP contribution in [0, 0.1) is 5.41 Å². The average molecular weight is 171 g/mol. The minimum Gasteiger partial charge on any atom is -0.374 e. The van der Waals surface area contributed by atoms with Gasteiger partial charge in [0.2, 0.25) is 5.91 Å². The molecule has 0 aliphatic carbocycles. The zero-order chi connectivity index (χ0) is 9.35. The maximum Gasteiger partial charge on any atom is 0.225 e. The highest BCUT2D eigenvalue weighted by molar-refractivity contribution is 5.77. The zero-order valence-electron chi connectivity index (χ0n) is 8.00. The normalized spacial score (nSPS) is 29.2. The van der Waals surface area contributed by atoms with Crippen molar-refractivity contribution in [2.24, 2.45) is 5.41 Å². The van der Waals surface area contributed by atoms with Gasteiger partial charge in [0.25, 0.3) is 0 Å². The van der Waals surface area contributed by atoms with Gasteiger partial charge in [0.1, 0.15) is 6.23 Å². The maximum atomic E-state index is 11.4. The number of aliphatic hydroxyl groups excluding tert-OH is 1. The molecule has 0 aromatic heterocycles. The summed E-state index contributed by atoms with van der Waals surface area (Å²) in [5.41, 5.74) is -0.0395. The van der Waals surface area contributed by atoms with Gasteiger partial charge in [-0.15, -0.1) is 0 Å². The molecular weight excluding hydrogens is 154 g/mol. The van der Waals surface area contributed by atoms with Gasteiger partial charge in [0, 0.05) is 13.0 Å². The summed E-state index contributed by atoms with van der Waals surface area (Å²) in [6.45, 7) is 6.53. The second-order valence-corrected chi connectivity index (χ2v) is 4.21. The Morgan fingerprint density at radius 2 is 2.25 bits per heavy atom. The number of piperidine rings is 1. The van der Waals surface area contributed by atoms with Crippen molar-refractivity contribution in [2.75, 3.05) is 6.54 Å². The summed E-state index contributed by atoms with van der Waals surface area (Å²) in [5, 5.41) is 9.58. The summed E-state index contributed by atoms with van der Waals surface area (Å²) in [4.78, 5) is 13.0. The molecule has 1 amide bonds. The number of aliphatic hydroxyl groups is 1. The number of carbonyl (C=O) groups excluding carboxylic acids is 1. The quantitative estimate of drug-likeness (QED) is 0.638. The molecular formula is C9H17NO2. The highest BCUT2D eigenvalue weighted by Crippen LogP contribution is 2.33. The molecule has 0 radical (unpaired) electrons. The summed E-state index contributed by atoms with van der Waals surface area (Å²) in [7, 11) is 0. The lowest BCUT2D eigenvalue weighted by molar-refractivity contribution is -0.153. The van der Waals surface area contributed by atoms with Crippen LogP contribution in [0.1, 0.15) is 33.6 Å². The van der Waals surface area contributed by atoms with Crippen molar-refractivity contribution >= 4 is 5.91 Å². The molecule has 1 saturated heterocycles. The minimum absolute atomic E-state index is 0.0395. The number of hydrogen-bond donors (Lipinski definition) is 1. The van der Waals surface area contributed by atoms with E-state index >= 15 is 0 Å². The SMILES string of the molecule is CCN1C(=O)CC(C)(C)CC1O. The van der Waals surface area contributed by atoms with Crippen molar-refractivity contribution in [3.8, 4) is 0 Å². The molecule has 1 fully saturated rings. The van der Waals surface area contributed by atoms with Crippen LogP contribution < -0.4 is 0 Å². The third-order valence-electron chi connectivity index (χ3n) is 2.39. The molecule has 3 heteroatoms. The van der Waals surface area contributed by atoms with Gasteiger partial charge < -0.3 is 10.0 Å². The Morgan fingerprint density at radius 1 is 1.67 bits per heavy atom. The average Bonchev–Trinajstić information content (AvgIpc) is 1.82. The molecule has 1 rings (SSSR count). The van der Waals surface area contributed by atoms with Gasteiger partial charge in [-0.25, -0.2) is 0 Å². The summed E-state index contributed by atoms with van der Waals surface area (Å²) in [6.07, 6.45) is 0.663. The summed E-state index contributed by atoms with van der Waals surface area (Å²) >= 11 is 0. The number of hydrogen-bond acceptors (Lipinski definition) is 2. The van der Waals surface area contributed by atoms with E-state index in [2.05, 4.69) is 0 Å². The molecule has 1 unspecified atom stereocenters. The van der Waals surface area contributed by atoms with E-state index in [1.807, 2.05) is 20.8 Å². The van der Waals surface area contributed by atoms with Crippen LogP contribution in [0.25, 0.3) is 0 Å². The van der Waals surface area contributed by atoms with E-state index in [0.29, 0.717) is 19.4 Å². The predicted octanol–water partition coefficient (Wildman–Crippen LogP) is 0.973. The van der Waals surface area contributed by atoms with Crippen LogP contribution in [-0.2, 0) is 4.79 Å². The molecule has 1 N–H and O–H groups in total. The first kappa shape index (κ1) is 9.52. The molecule has 70 valence electrons. The van der Waals surface area contributed by atoms with E-state index in [1.165, 1.54) is 4.90 Å². The van der Waals surface area contributed by atoms with Crippen LogP contribution in [0.3, 0.4) is 0 Å². The van der Waals surface area contributed by atoms with E-state index < -0.39 is 6.23 Å². The molecule has 1 atom stereocenters. The molecule has 0 saturated carbocycles. The van der Waals surface area contributed by atoms with E-state index in [1.54, 1.807) is 0 Å². The standard InChI is InChI=1S/C9H17NO2/c1-4-10-7(11)5-9(2,3)6-8(10)12/h7,11H,4-6H2,1-3H3. The first-order valence-electron chi connectivity index (χ1n) is 4.44. The van der Waals surface area contributed by atoms with Gasteiger partial charge in [0.15, 0.2) is 0 Å². The van der Waals surface area contributed by atoms with Crippen molar-refractivity contribution in [3.05, 3.63) is 0 Å². The molecule has 1 aliphatic heterocycles. The lowest BCUT2D eigenvalue weighted by Gasteiger charge is -2.39. The molecule has 1 aliphatic rings. The Bertz CT molecular complexity index is 189. The molecule has 1 heterocycles. The monoisotopic (exact) mass is 171 g/mol. The Kier molecular flexibility index (Phi) is 2.42. The second kappa shape index (κ2) is 3.05. The van der Waals surface area contributed by atoms with Gasteiger partial charge in [-0.3, -0.25) is 4.79 Å². The van der Waals surface area contributed by atoms with Crippen LogP contribution in [0.15, 0.2) is 0 Å². The predicted molar refractivity (Wildman–Crippen MR) is 46.4 cm³/mol. The largest absolute Gasteiger partial charge is 0.374 e. The number of rotatable bonds is 1. The highest BCUT2D eigenvalue weighted by Gasteiger charge is 2.36. The Hall–Kier alpha value is -0.570. The van der Waals surface area contributed by atoms with Crippen LogP contribution >= 0.6 is 0 Å². The first-order chi connectivity index (χ1) is 5.46. The van der Waals surface area contributed by atoms with E-state index in [-0.39, 0.29) is 11.3 Å². The minimum atomic E-state index is -0.578. The topological polar surface area (TPSA) is 40.5 Å². The van der Waals surface area contributed by atoms with Gasteiger partial charge in [0.05, 0.1) is 0 Å². The summed E-state index contributed by atoms with van der Waals surface area (Å²) in [6, 6.07) is 0. The first-order valence-corrected chi connectivity index (χ1v) is 4.44. The van der Waals surface area contributed by atoms with Gasteiger partial charge in [-0.05, 0) is 18.8 Å². The highest BCUT2D eigenvalue weighted by atomic mass is 16.3. The molecule has 0 spiro atoms. The van der Waals surface area contributed by atoms with Crippen LogP contribution in [-0.4, -0.2) is 28.7 Å². The Labute approximate surface area is 73.4 Å². The van der Waals surface area contributed by atoms with E-state index in [0.717, 1.165) is 0 Å². The molecule has 0 bridgehead atoms. The smallest absolute Gasteiger partial charge is 0.225 e. The van der Waals surface area contributed by atoms with Gasteiger partial charge in [-0.1, -0.05) is 13.8 Å². The lowest BCUT2D eigenvalue weighted by atomic mass is 9.81. The fraction of sp³-hybridized carbons (Fsp3) is 0.889. The van der Waals surface area contributed by atoms with E-state index in [9.17, 15) is 9.90 Å². The number of likely N-dealkylation sites (tertiary alicyclic amines) is 1. The fourth-order valence-electron chi connectivity index (χ4n) is 1.74. The summed E-state index contributed by atoms with van der Waals surface area (Å²) in [5.74, 6) is 0.0706. The van der Waals surface area contributed by atoms with Crippen LogP contribution in [0.5, 0.6) is 0 Å². The number of amides is 1. The molecule has 3 nitrogen and oxygen atoms in total. The van der Waals surface area contributed by atoms with Crippen molar-refractivity contribution in [3.63, 3.8) is 0 Å². The lowest BCUT2D eigenvalue weighted by Crippen LogP contribution is -2.48. The molecule has 0 aromatic carbocycles. The van der Waals surface area contributed by atoms with Crippen molar-refractivity contribution in [1.82, 2.24) is 4.90 Å². The Morgan fingerprint density at radius 3 is 2.67 bits per heavy atom. The van der Waals surface area contributed by atoms with Crippen molar-refractivity contribution in [2.45, 2.75) is 39.8 Å². The molecule has 12 heavy (non-hydrogen) atoms. The van der Waals surface area contributed by atoms with Crippen molar-refractivity contribution in [1.29, 1.82) is 0 Å².